The summed E-state index contributed by atoms with van der Waals surface area (Å²) in [5, 5.41) is 4.64. The van der Waals surface area contributed by atoms with Gasteiger partial charge in [-0.1, -0.05) is 12.8 Å². The molecule has 1 aromatic carbocycles. The van der Waals surface area contributed by atoms with Crippen LogP contribution in [0, 0.1) is 0 Å². The van der Waals surface area contributed by atoms with E-state index in [1.807, 2.05) is 30.1 Å². The van der Waals surface area contributed by atoms with Crippen molar-refractivity contribution >= 4 is 27.5 Å². The van der Waals surface area contributed by atoms with Crippen molar-refractivity contribution in [2.75, 3.05) is 20.1 Å². The van der Waals surface area contributed by atoms with Gasteiger partial charge in [0, 0.05) is 24.6 Å². The normalized spacial score (nSPS) is 19.9. The zero-order valence-corrected chi connectivity index (χ0v) is 15.1. The molecule has 5 heteroatoms. The van der Waals surface area contributed by atoms with E-state index in [0.29, 0.717) is 12.0 Å². The molecule has 0 unspecified atom stereocenters. The number of aromatic nitrogens is 1. The minimum absolute atomic E-state index is 0.153. The van der Waals surface area contributed by atoms with Crippen molar-refractivity contribution in [1.29, 1.82) is 0 Å². The average molecular weight is 343 g/mol. The molecule has 4 rings (SSSR count). The van der Waals surface area contributed by atoms with Gasteiger partial charge in [-0.3, -0.25) is 4.79 Å². The molecule has 0 bridgehead atoms. The molecular weight excluding hydrogens is 318 g/mol. The first-order chi connectivity index (χ1) is 11.7. The molecule has 1 aromatic heterocycles. The van der Waals surface area contributed by atoms with Gasteiger partial charge in [0.25, 0.3) is 5.91 Å². The van der Waals surface area contributed by atoms with Gasteiger partial charge >= 0.3 is 0 Å². The lowest BCUT2D eigenvalue weighted by Crippen LogP contribution is -2.35. The van der Waals surface area contributed by atoms with E-state index in [1.54, 1.807) is 11.3 Å². The van der Waals surface area contributed by atoms with Gasteiger partial charge in [-0.05, 0) is 57.0 Å². The van der Waals surface area contributed by atoms with E-state index < -0.39 is 0 Å². The molecule has 1 saturated heterocycles. The predicted molar refractivity (Wildman–Crippen MR) is 98.8 cm³/mol. The van der Waals surface area contributed by atoms with Crippen molar-refractivity contribution in [2.45, 2.75) is 50.5 Å². The zero-order valence-electron chi connectivity index (χ0n) is 14.3. The Morgan fingerprint density at radius 2 is 1.96 bits per heavy atom. The molecule has 24 heavy (non-hydrogen) atoms. The first kappa shape index (κ1) is 16.0. The molecule has 0 spiro atoms. The number of nitrogens with zero attached hydrogens (tertiary/aromatic N) is 2. The van der Waals surface area contributed by atoms with Crippen LogP contribution in [0.25, 0.3) is 10.2 Å². The summed E-state index contributed by atoms with van der Waals surface area (Å²) in [6.45, 7) is 2.16. The molecule has 1 aliphatic carbocycles. The molecule has 1 amide bonds. The molecular formula is C19H25N3OS. The molecule has 128 valence electrons. The number of hydrogen-bond donors (Lipinski definition) is 1. The Hall–Kier alpha value is -1.46. The van der Waals surface area contributed by atoms with Crippen molar-refractivity contribution in [3.63, 3.8) is 0 Å². The maximum Gasteiger partial charge on any atom is 0.253 e. The smallest absolute Gasteiger partial charge is 0.253 e. The van der Waals surface area contributed by atoms with Gasteiger partial charge in [0.1, 0.15) is 0 Å². The summed E-state index contributed by atoms with van der Waals surface area (Å²) < 4.78 is 1.15. The lowest BCUT2D eigenvalue weighted by Gasteiger charge is -2.24. The van der Waals surface area contributed by atoms with Crippen LogP contribution in [0.15, 0.2) is 18.2 Å². The third-order valence-corrected chi connectivity index (χ3v) is 6.71. The Kier molecular flexibility index (Phi) is 4.55. The van der Waals surface area contributed by atoms with Gasteiger partial charge in [0.05, 0.1) is 15.2 Å². The summed E-state index contributed by atoms with van der Waals surface area (Å²) in [6, 6.07) is 6.43. The fourth-order valence-corrected chi connectivity index (χ4v) is 5.16. The van der Waals surface area contributed by atoms with Gasteiger partial charge in [0.15, 0.2) is 0 Å². The topological polar surface area (TPSA) is 45.2 Å². The second kappa shape index (κ2) is 6.81. The van der Waals surface area contributed by atoms with E-state index in [4.69, 9.17) is 4.98 Å². The summed E-state index contributed by atoms with van der Waals surface area (Å²) >= 11 is 1.77. The van der Waals surface area contributed by atoms with Crippen LogP contribution in [0.5, 0.6) is 0 Å². The number of piperidine rings is 1. The van der Waals surface area contributed by atoms with Crippen molar-refractivity contribution in [3.05, 3.63) is 28.8 Å². The monoisotopic (exact) mass is 343 g/mol. The second-order valence-corrected chi connectivity index (χ2v) is 8.18. The summed E-state index contributed by atoms with van der Waals surface area (Å²) in [7, 11) is 1.95. The molecule has 1 aliphatic heterocycles. The second-order valence-electron chi connectivity index (χ2n) is 7.11. The largest absolute Gasteiger partial charge is 0.339 e. The first-order valence-electron chi connectivity index (χ1n) is 9.11. The molecule has 0 atom stereocenters. The number of nitrogens with one attached hydrogen (secondary N) is 1. The Labute approximate surface area is 147 Å². The Bertz CT molecular complexity index is 729. The van der Waals surface area contributed by atoms with Crippen LogP contribution in [0.3, 0.4) is 0 Å². The highest BCUT2D eigenvalue weighted by Crippen LogP contribution is 2.33. The van der Waals surface area contributed by atoms with Gasteiger partial charge < -0.3 is 10.2 Å². The minimum Gasteiger partial charge on any atom is -0.339 e. The molecule has 2 heterocycles. The van der Waals surface area contributed by atoms with Crippen LogP contribution in [0.1, 0.15) is 59.8 Å². The number of carbonyl (C=O) groups is 1. The van der Waals surface area contributed by atoms with Crippen LogP contribution >= 0.6 is 11.3 Å². The van der Waals surface area contributed by atoms with E-state index in [2.05, 4.69) is 5.32 Å². The van der Waals surface area contributed by atoms with Gasteiger partial charge in [0.2, 0.25) is 0 Å². The fraction of sp³-hybridized carbons (Fsp3) is 0.579. The summed E-state index contributed by atoms with van der Waals surface area (Å²) in [4.78, 5) is 19.6. The third-order valence-electron chi connectivity index (χ3n) is 5.53. The SMILES string of the molecule is CN(C(=O)c1ccc2nc(C3CCNCC3)sc2c1)C1CCCC1. The quantitative estimate of drug-likeness (QED) is 0.922. The highest BCUT2D eigenvalue weighted by Gasteiger charge is 2.25. The Balaban J connectivity index is 1.57. The molecule has 1 saturated carbocycles. The fourth-order valence-electron chi connectivity index (χ4n) is 3.98. The molecule has 2 fully saturated rings. The van der Waals surface area contributed by atoms with Gasteiger partial charge in [-0.25, -0.2) is 4.98 Å². The Morgan fingerprint density at radius 1 is 1.21 bits per heavy atom. The predicted octanol–water partition coefficient (Wildman–Crippen LogP) is 3.78. The van der Waals surface area contributed by atoms with Crippen molar-refractivity contribution in [2.24, 2.45) is 0 Å². The zero-order chi connectivity index (χ0) is 16.5. The average Bonchev–Trinajstić information content (AvgIpc) is 3.30. The highest BCUT2D eigenvalue weighted by molar-refractivity contribution is 7.18. The standard InChI is InChI=1S/C19H25N3OS/c1-22(15-4-2-3-5-15)19(23)14-6-7-16-17(12-14)24-18(21-16)13-8-10-20-11-9-13/h6-7,12-13,15,20H,2-5,8-11H2,1H3. The van der Waals surface area contributed by atoms with Crippen LogP contribution < -0.4 is 5.32 Å². The molecule has 1 N–H and O–H groups in total. The lowest BCUT2D eigenvalue weighted by molar-refractivity contribution is 0.0735. The molecule has 4 nitrogen and oxygen atoms in total. The summed E-state index contributed by atoms with van der Waals surface area (Å²) in [5.41, 5.74) is 1.84. The summed E-state index contributed by atoms with van der Waals surface area (Å²) in [6.07, 6.45) is 7.10. The van der Waals surface area contributed by atoms with Crippen molar-refractivity contribution in [1.82, 2.24) is 15.2 Å². The first-order valence-corrected chi connectivity index (χ1v) is 9.92. The van der Waals surface area contributed by atoms with Crippen LogP contribution in [-0.2, 0) is 0 Å². The number of benzene rings is 1. The van der Waals surface area contributed by atoms with Gasteiger partial charge in [-0.15, -0.1) is 11.3 Å². The van der Waals surface area contributed by atoms with E-state index in [1.165, 1.54) is 17.8 Å². The highest BCUT2D eigenvalue weighted by atomic mass is 32.1. The molecule has 2 aromatic rings. The third kappa shape index (κ3) is 3.07. The number of amides is 1. The number of hydrogen-bond acceptors (Lipinski definition) is 4. The number of rotatable bonds is 3. The van der Waals surface area contributed by atoms with E-state index in [9.17, 15) is 4.79 Å². The van der Waals surface area contributed by atoms with Crippen molar-refractivity contribution < 1.29 is 4.79 Å². The lowest BCUT2D eigenvalue weighted by atomic mass is 9.99. The molecule has 2 aliphatic rings. The minimum atomic E-state index is 0.153. The molecule has 0 radical (unpaired) electrons. The number of carbonyl (C=O) groups excluding carboxylic acids is 1. The van der Waals surface area contributed by atoms with Crippen molar-refractivity contribution in [3.8, 4) is 0 Å². The van der Waals surface area contributed by atoms with Crippen LogP contribution in [-0.4, -0.2) is 42.0 Å². The van der Waals surface area contributed by atoms with E-state index in [-0.39, 0.29) is 5.91 Å². The van der Waals surface area contributed by atoms with E-state index in [0.717, 1.165) is 54.6 Å². The number of fused-ring (bicyclic) bond motifs is 1. The maximum absolute atomic E-state index is 12.8. The maximum atomic E-state index is 12.8. The number of thiazole rings is 1. The van der Waals surface area contributed by atoms with E-state index >= 15 is 0 Å². The van der Waals surface area contributed by atoms with Gasteiger partial charge in [-0.2, -0.15) is 0 Å². The van der Waals surface area contributed by atoms with Crippen LogP contribution in [0.2, 0.25) is 0 Å². The Morgan fingerprint density at radius 3 is 2.71 bits per heavy atom. The van der Waals surface area contributed by atoms with Crippen LogP contribution in [0.4, 0.5) is 0 Å². The summed E-state index contributed by atoms with van der Waals surface area (Å²) in [5.74, 6) is 0.726.